The van der Waals surface area contributed by atoms with Crippen molar-refractivity contribution in [1.29, 1.82) is 0 Å². The highest BCUT2D eigenvalue weighted by Crippen LogP contribution is 2.27. The Bertz CT molecular complexity index is 563. The summed E-state index contributed by atoms with van der Waals surface area (Å²) in [4.78, 5) is 11.0. The number of benzene rings is 1. The molecule has 1 heterocycles. The highest BCUT2D eigenvalue weighted by Gasteiger charge is 2.11. The third-order valence-corrected chi connectivity index (χ3v) is 2.69. The lowest BCUT2D eigenvalue weighted by molar-refractivity contribution is 0.0688. The van der Waals surface area contributed by atoms with Gasteiger partial charge in [-0.25, -0.2) is 4.79 Å². The zero-order valence-corrected chi connectivity index (χ0v) is 9.81. The van der Waals surface area contributed by atoms with Crippen molar-refractivity contribution in [3.8, 4) is 11.4 Å². The Balaban J connectivity index is 2.53. The largest absolute Gasteiger partial charge is 0.495 e. The van der Waals surface area contributed by atoms with E-state index in [0.29, 0.717) is 16.5 Å². The van der Waals surface area contributed by atoms with Crippen molar-refractivity contribution in [3.05, 3.63) is 47.2 Å². The molecule has 0 atom stereocenters. The SMILES string of the molecule is COc1cc(-n2cccc2C(=O)O)ccc1Cl. The van der Waals surface area contributed by atoms with Crippen LogP contribution >= 0.6 is 11.6 Å². The molecule has 0 unspecified atom stereocenters. The lowest BCUT2D eigenvalue weighted by Gasteiger charge is -2.09. The highest BCUT2D eigenvalue weighted by atomic mass is 35.5. The molecule has 4 nitrogen and oxygen atoms in total. The Morgan fingerprint density at radius 2 is 2.18 bits per heavy atom. The molecule has 88 valence electrons. The molecule has 5 heteroatoms. The minimum Gasteiger partial charge on any atom is -0.495 e. The van der Waals surface area contributed by atoms with E-state index in [4.69, 9.17) is 21.4 Å². The third-order valence-electron chi connectivity index (χ3n) is 2.38. The molecular weight excluding hydrogens is 242 g/mol. The van der Waals surface area contributed by atoms with Crippen molar-refractivity contribution in [2.45, 2.75) is 0 Å². The van der Waals surface area contributed by atoms with Crippen molar-refractivity contribution in [3.63, 3.8) is 0 Å². The van der Waals surface area contributed by atoms with Gasteiger partial charge in [-0.05, 0) is 24.3 Å². The summed E-state index contributed by atoms with van der Waals surface area (Å²) >= 11 is 5.91. The number of halogens is 1. The Kier molecular flexibility index (Phi) is 3.06. The van der Waals surface area contributed by atoms with Crippen molar-refractivity contribution < 1.29 is 14.6 Å². The molecule has 0 saturated carbocycles. The maximum atomic E-state index is 11.0. The average Bonchev–Trinajstić information content (AvgIpc) is 2.78. The number of carboxylic acid groups (broad SMARTS) is 1. The summed E-state index contributed by atoms with van der Waals surface area (Å²) in [5, 5.41) is 9.51. The van der Waals surface area contributed by atoms with Crippen LogP contribution in [0.2, 0.25) is 5.02 Å². The summed E-state index contributed by atoms with van der Waals surface area (Å²) in [5.74, 6) is -0.474. The van der Waals surface area contributed by atoms with Gasteiger partial charge in [0.05, 0.1) is 12.1 Å². The van der Waals surface area contributed by atoms with Crippen molar-refractivity contribution in [2.24, 2.45) is 0 Å². The Hall–Kier alpha value is -1.94. The molecule has 0 aliphatic carbocycles. The highest BCUT2D eigenvalue weighted by molar-refractivity contribution is 6.32. The minimum absolute atomic E-state index is 0.189. The number of carboxylic acids is 1. The van der Waals surface area contributed by atoms with Crippen LogP contribution < -0.4 is 4.74 Å². The van der Waals surface area contributed by atoms with Gasteiger partial charge in [-0.3, -0.25) is 0 Å². The van der Waals surface area contributed by atoms with Crippen molar-refractivity contribution in [1.82, 2.24) is 4.57 Å². The average molecular weight is 252 g/mol. The van der Waals surface area contributed by atoms with Crippen molar-refractivity contribution >= 4 is 17.6 Å². The van der Waals surface area contributed by atoms with E-state index in [1.807, 2.05) is 0 Å². The van der Waals surface area contributed by atoms with E-state index in [0.717, 1.165) is 0 Å². The lowest BCUT2D eigenvalue weighted by Crippen LogP contribution is -2.05. The predicted octanol–water partition coefficient (Wildman–Crippen LogP) is 2.84. The number of methoxy groups -OCH3 is 1. The zero-order chi connectivity index (χ0) is 12.4. The molecule has 0 spiro atoms. The van der Waals surface area contributed by atoms with Crippen LogP contribution in [0.15, 0.2) is 36.5 Å². The Morgan fingerprint density at radius 3 is 2.82 bits per heavy atom. The molecule has 1 aromatic carbocycles. The fraction of sp³-hybridized carbons (Fsp3) is 0.0833. The summed E-state index contributed by atoms with van der Waals surface area (Å²) in [6, 6.07) is 8.29. The number of carbonyl (C=O) groups is 1. The quantitative estimate of drug-likeness (QED) is 0.913. The minimum atomic E-state index is -0.982. The number of nitrogens with zero attached hydrogens (tertiary/aromatic N) is 1. The first-order valence-electron chi connectivity index (χ1n) is 4.88. The van der Waals surface area contributed by atoms with Gasteiger partial charge in [-0.15, -0.1) is 0 Å². The molecule has 0 aliphatic rings. The normalized spacial score (nSPS) is 10.2. The first-order valence-corrected chi connectivity index (χ1v) is 5.26. The maximum absolute atomic E-state index is 11.0. The number of hydrogen-bond donors (Lipinski definition) is 1. The third kappa shape index (κ3) is 2.12. The standard InChI is InChI=1S/C12H10ClNO3/c1-17-11-7-8(4-5-9(11)13)14-6-2-3-10(14)12(15)16/h2-7H,1H3,(H,15,16). The topological polar surface area (TPSA) is 51.5 Å². The summed E-state index contributed by atoms with van der Waals surface area (Å²) in [7, 11) is 1.51. The smallest absolute Gasteiger partial charge is 0.352 e. The Morgan fingerprint density at radius 1 is 1.41 bits per heavy atom. The number of aromatic nitrogens is 1. The molecule has 0 bridgehead atoms. The molecule has 0 fully saturated rings. The van der Waals surface area contributed by atoms with Crippen LogP contribution in [0.5, 0.6) is 5.75 Å². The molecule has 0 amide bonds. The van der Waals surface area contributed by atoms with Gasteiger partial charge < -0.3 is 14.4 Å². The zero-order valence-electron chi connectivity index (χ0n) is 9.05. The van der Waals surface area contributed by atoms with Gasteiger partial charge in [0.25, 0.3) is 0 Å². The van der Waals surface area contributed by atoms with Crippen LogP contribution in [0, 0.1) is 0 Å². The number of aromatic carboxylic acids is 1. The van der Waals surface area contributed by atoms with Crippen molar-refractivity contribution in [2.75, 3.05) is 7.11 Å². The molecular formula is C12H10ClNO3. The summed E-state index contributed by atoms with van der Waals surface area (Å²) in [6.07, 6.45) is 1.67. The van der Waals surface area contributed by atoms with Crippen LogP contribution in [0.25, 0.3) is 5.69 Å². The molecule has 2 rings (SSSR count). The van der Waals surface area contributed by atoms with Gasteiger partial charge in [-0.2, -0.15) is 0 Å². The molecule has 0 radical (unpaired) electrons. The second-order valence-electron chi connectivity index (χ2n) is 3.39. The number of ether oxygens (including phenoxy) is 1. The van der Waals surface area contributed by atoms with Crippen LogP contribution in [0.3, 0.4) is 0 Å². The second kappa shape index (κ2) is 4.51. The predicted molar refractivity (Wildman–Crippen MR) is 64.3 cm³/mol. The van der Waals surface area contributed by atoms with E-state index < -0.39 is 5.97 Å². The van der Waals surface area contributed by atoms with Gasteiger partial charge in [0.2, 0.25) is 0 Å². The molecule has 17 heavy (non-hydrogen) atoms. The van der Waals surface area contributed by atoms with Gasteiger partial charge in [0.1, 0.15) is 11.4 Å². The van der Waals surface area contributed by atoms with Gasteiger partial charge in [-0.1, -0.05) is 11.6 Å². The molecule has 1 aromatic heterocycles. The second-order valence-corrected chi connectivity index (χ2v) is 3.79. The monoisotopic (exact) mass is 251 g/mol. The Labute approximate surface area is 103 Å². The van der Waals surface area contributed by atoms with E-state index in [2.05, 4.69) is 0 Å². The van der Waals surface area contributed by atoms with Crippen LogP contribution in [0.1, 0.15) is 10.5 Å². The molecule has 0 aliphatic heterocycles. The fourth-order valence-corrected chi connectivity index (χ4v) is 1.77. The number of rotatable bonds is 3. The van der Waals surface area contributed by atoms with E-state index in [-0.39, 0.29) is 5.69 Å². The van der Waals surface area contributed by atoms with Crippen LogP contribution in [0.4, 0.5) is 0 Å². The van der Waals surface area contributed by atoms with Gasteiger partial charge in [0, 0.05) is 18.0 Å². The summed E-state index contributed by atoms with van der Waals surface area (Å²) < 4.78 is 6.65. The first kappa shape index (κ1) is 11.5. The molecule has 1 N–H and O–H groups in total. The van der Waals surface area contributed by atoms with Crippen LogP contribution in [-0.4, -0.2) is 22.8 Å². The summed E-state index contributed by atoms with van der Waals surface area (Å²) in [5.41, 5.74) is 0.878. The van der Waals surface area contributed by atoms with E-state index >= 15 is 0 Å². The molecule has 2 aromatic rings. The van der Waals surface area contributed by atoms with Gasteiger partial charge >= 0.3 is 5.97 Å². The van der Waals surface area contributed by atoms with Crippen LogP contribution in [-0.2, 0) is 0 Å². The lowest BCUT2D eigenvalue weighted by atomic mass is 10.3. The number of hydrogen-bond acceptors (Lipinski definition) is 2. The maximum Gasteiger partial charge on any atom is 0.352 e. The van der Waals surface area contributed by atoms with Gasteiger partial charge in [0.15, 0.2) is 0 Å². The molecule has 0 saturated heterocycles. The van der Waals surface area contributed by atoms with E-state index in [1.165, 1.54) is 13.2 Å². The summed E-state index contributed by atoms with van der Waals surface area (Å²) in [6.45, 7) is 0. The van der Waals surface area contributed by atoms with E-state index in [1.54, 1.807) is 35.0 Å². The van der Waals surface area contributed by atoms with E-state index in [9.17, 15) is 4.79 Å². The fourth-order valence-electron chi connectivity index (χ4n) is 1.58. The first-order chi connectivity index (χ1) is 8.13.